The van der Waals surface area contributed by atoms with Crippen molar-refractivity contribution in [1.82, 2.24) is 14.0 Å². The van der Waals surface area contributed by atoms with Gasteiger partial charge in [0.2, 0.25) is 5.91 Å². The van der Waals surface area contributed by atoms with E-state index in [4.69, 9.17) is 0 Å². The molecule has 3 aromatic rings. The predicted octanol–water partition coefficient (Wildman–Crippen LogP) is 2.70. The molecule has 0 bridgehead atoms. The molecular weight excluding hydrogens is 366 g/mol. The van der Waals surface area contributed by atoms with E-state index in [1.807, 2.05) is 39.0 Å². The van der Waals surface area contributed by atoms with Crippen molar-refractivity contribution in [3.63, 3.8) is 0 Å². The maximum Gasteiger partial charge on any atom is 0.336 e. The monoisotopic (exact) mass is 391 g/mol. The first kappa shape index (κ1) is 19.2. The summed E-state index contributed by atoms with van der Waals surface area (Å²) in [6.45, 7) is 7.14. The van der Waals surface area contributed by atoms with Gasteiger partial charge in [-0.1, -0.05) is 23.8 Å². The second-order valence-corrected chi connectivity index (χ2v) is 7.84. The lowest BCUT2D eigenvalue weighted by atomic mass is 10.1. The highest BCUT2D eigenvalue weighted by molar-refractivity contribution is 5.82. The summed E-state index contributed by atoms with van der Waals surface area (Å²) < 4.78 is 2.65. The SMILES string of the molecule is Cc1ccc2c(c1)c(=O)n(-c1cccc(C)c1C)c(=O)n2CC(=O)N1CCCC1. The molecule has 6 heteroatoms. The molecule has 4 rings (SSSR count). The number of aromatic nitrogens is 2. The molecule has 29 heavy (non-hydrogen) atoms. The van der Waals surface area contributed by atoms with Crippen LogP contribution >= 0.6 is 0 Å². The van der Waals surface area contributed by atoms with Crippen LogP contribution in [0.5, 0.6) is 0 Å². The predicted molar refractivity (Wildman–Crippen MR) is 114 cm³/mol. The molecule has 0 saturated carbocycles. The van der Waals surface area contributed by atoms with Crippen LogP contribution in [-0.4, -0.2) is 33.0 Å². The van der Waals surface area contributed by atoms with Gasteiger partial charge in [0.05, 0.1) is 16.6 Å². The first-order valence-electron chi connectivity index (χ1n) is 9.99. The number of nitrogens with zero attached hydrogens (tertiary/aromatic N) is 3. The number of hydrogen-bond acceptors (Lipinski definition) is 3. The van der Waals surface area contributed by atoms with Crippen LogP contribution in [0.3, 0.4) is 0 Å². The minimum Gasteiger partial charge on any atom is -0.341 e. The summed E-state index contributed by atoms with van der Waals surface area (Å²) in [4.78, 5) is 41.4. The van der Waals surface area contributed by atoms with Gasteiger partial charge in [0, 0.05) is 13.1 Å². The van der Waals surface area contributed by atoms with Crippen molar-refractivity contribution in [1.29, 1.82) is 0 Å². The summed E-state index contributed by atoms with van der Waals surface area (Å²) in [7, 11) is 0. The number of likely N-dealkylation sites (tertiary alicyclic amines) is 1. The van der Waals surface area contributed by atoms with E-state index in [0.29, 0.717) is 16.6 Å². The van der Waals surface area contributed by atoms with E-state index in [9.17, 15) is 14.4 Å². The van der Waals surface area contributed by atoms with E-state index < -0.39 is 5.69 Å². The Morgan fingerprint density at radius 1 is 1.00 bits per heavy atom. The summed E-state index contributed by atoms with van der Waals surface area (Å²) in [5.74, 6) is -0.0855. The molecule has 0 spiro atoms. The Labute approximate surface area is 169 Å². The van der Waals surface area contributed by atoms with Crippen LogP contribution in [0.1, 0.15) is 29.5 Å². The highest BCUT2D eigenvalue weighted by Crippen LogP contribution is 2.18. The molecule has 1 aliphatic heterocycles. The second-order valence-electron chi connectivity index (χ2n) is 7.84. The Kier molecular flexibility index (Phi) is 4.86. The molecular formula is C23H25N3O3. The van der Waals surface area contributed by atoms with Crippen LogP contribution in [-0.2, 0) is 11.3 Å². The van der Waals surface area contributed by atoms with E-state index >= 15 is 0 Å². The molecule has 150 valence electrons. The first-order valence-corrected chi connectivity index (χ1v) is 9.99. The van der Waals surface area contributed by atoms with Crippen molar-refractivity contribution in [2.75, 3.05) is 13.1 Å². The number of carbonyl (C=O) groups is 1. The third-order valence-electron chi connectivity index (χ3n) is 5.87. The average Bonchev–Trinajstić information content (AvgIpc) is 3.23. The Hall–Kier alpha value is -3.15. The van der Waals surface area contributed by atoms with Gasteiger partial charge in [-0.05, 0) is 62.9 Å². The standard InChI is InChI=1S/C23H25N3O3/c1-15-9-10-20-18(13-15)22(28)26(19-8-6-7-16(2)17(19)3)23(29)25(20)14-21(27)24-11-4-5-12-24/h6-10,13H,4-5,11-12,14H2,1-3H3. The first-order chi connectivity index (χ1) is 13.9. The molecule has 1 saturated heterocycles. The van der Waals surface area contributed by atoms with Gasteiger partial charge in [-0.15, -0.1) is 0 Å². The summed E-state index contributed by atoms with van der Waals surface area (Å²) >= 11 is 0. The van der Waals surface area contributed by atoms with E-state index in [-0.39, 0.29) is 18.0 Å². The average molecular weight is 391 g/mol. The van der Waals surface area contributed by atoms with Crippen molar-refractivity contribution in [2.45, 2.75) is 40.2 Å². The van der Waals surface area contributed by atoms with Gasteiger partial charge in [0.1, 0.15) is 6.54 Å². The highest BCUT2D eigenvalue weighted by Gasteiger charge is 2.22. The van der Waals surface area contributed by atoms with E-state index in [0.717, 1.165) is 42.6 Å². The van der Waals surface area contributed by atoms with E-state index in [1.54, 1.807) is 23.1 Å². The lowest BCUT2D eigenvalue weighted by Crippen LogP contribution is -2.42. The normalized spacial score (nSPS) is 14.0. The van der Waals surface area contributed by atoms with Gasteiger partial charge >= 0.3 is 5.69 Å². The zero-order valence-electron chi connectivity index (χ0n) is 17.1. The van der Waals surface area contributed by atoms with Crippen LogP contribution in [0.15, 0.2) is 46.0 Å². The number of rotatable bonds is 3. The van der Waals surface area contributed by atoms with Crippen LogP contribution in [0.4, 0.5) is 0 Å². The van der Waals surface area contributed by atoms with E-state index in [1.165, 1.54) is 9.13 Å². The summed E-state index contributed by atoms with van der Waals surface area (Å²) in [5.41, 5.74) is 3.03. The quantitative estimate of drug-likeness (QED) is 0.690. The zero-order chi connectivity index (χ0) is 20.7. The Balaban J connectivity index is 1.99. The molecule has 1 aromatic heterocycles. The van der Waals surface area contributed by atoms with Gasteiger partial charge in [0.25, 0.3) is 5.56 Å². The molecule has 6 nitrogen and oxygen atoms in total. The molecule has 0 unspecified atom stereocenters. The fourth-order valence-corrected chi connectivity index (χ4v) is 4.03. The number of amides is 1. The molecule has 1 aliphatic rings. The van der Waals surface area contributed by atoms with Gasteiger partial charge < -0.3 is 4.90 Å². The topological polar surface area (TPSA) is 64.3 Å². The maximum atomic E-state index is 13.5. The third kappa shape index (κ3) is 3.28. The Bertz CT molecular complexity index is 1230. The van der Waals surface area contributed by atoms with Crippen molar-refractivity contribution >= 4 is 16.8 Å². The molecule has 2 aromatic carbocycles. The summed E-state index contributed by atoms with van der Waals surface area (Å²) in [6.07, 6.45) is 1.98. The number of carbonyl (C=O) groups excluding carboxylic acids is 1. The van der Waals surface area contributed by atoms with Crippen molar-refractivity contribution < 1.29 is 4.79 Å². The van der Waals surface area contributed by atoms with E-state index in [2.05, 4.69) is 0 Å². The number of hydrogen-bond donors (Lipinski definition) is 0. The number of benzene rings is 2. The van der Waals surface area contributed by atoms with Gasteiger partial charge in [-0.3, -0.25) is 14.2 Å². The van der Waals surface area contributed by atoms with Crippen LogP contribution < -0.4 is 11.2 Å². The molecule has 1 amide bonds. The molecule has 0 atom stereocenters. The molecule has 1 fully saturated rings. The fourth-order valence-electron chi connectivity index (χ4n) is 4.03. The highest BCUT2D eigenvalue weighted by atomic mass is 16.2. The van der Waals surface area contributed by atoms with Crippen molar-refractivity contribution in [3.05, 3.63) is 73.9 Å². The lowest BCUT2D eigenvalue weighted by Gasteiger charge is -2.19. The largest absolute Gasteiger partial charge is 0.341 e. The number of fused-ring (bicyclic) bond motifs is 1. The van der Waals surface area contributed by atoms with Crippen molar-refractivity contribution in [2.24, 2.45) is 0 Å². The number of aryl methyl sites for hydroxylation is 2. The Morgan fingerprint density at radius 3 is 2.45 bits per heavy atom. The minimum atomic E-state index is -0.479. The van der Waals surface area contributed by atoms with Crippen LogP contribution in [0, 0.1) is 20.8 Å². The molecule has 0 aliphatic carbocycles. The third-order valence-corrected chi connectivity index (χ3v) is 5.87. The molecule has 0 radical (unpaired) electrons. The van der Waals surface area contributed by atoms with Gasteiger partial charge in [-0.25, -0.2) is 9.36 Å². The van der Waals surface area contributed by atoms with Crippen LogP contribution in [0.25, 0.3) is 16.6 Å². The maximum absolute atomic E-state index is 13.5. The van der Waals surface area contributed by atoms with Gasteiger partial charge in [0.15, 0.2) is 0 Å². The Morgan fingerprint density at radius 2 is 1.72 bits per heavy atom. The minimum absolute atomic E-state index is 0.0659. The van der Waals surface area contributed by atoms with Gasteiger partial charge in [-0.2, -0.15) is 0 Å². The summed E-state index contributed by atoms with van der Waals surface area (Å²) in [6, 6.07) is 11.0. The zero-order valence-corrected chi connectivity index (χ0v) is 17.1. The second kappa shape index (κ2) is 7.35. The molecule has 0 N–H and O–H groups in total. The summed E-state index contributed by atoms with van der Waals surface area (Å²) in [5, 5.41) is 0.444. The van der Waals surface area contributed by atoms with Crippen LogP contribution in [0.2, 0.25) is 0 Å². The molecule has 2 heterocycles. The smallest absolute Gasteiger partial charge is 0.336 e. The fraction of sp³-hybridized carbons (Fsp3) is 0.348. The van der Waals surface area contributed by atoms with Crippen molar-refractivity contribution in [3.8, 4) is 5.69 Å². The lowest BCUT2D eigenvalue weighted by molar-refractivity contribution is -0.130.